The first-order valence-corrected chi connectivity index (χ1v) is 8.34. The Morgan fingerprint density at radius 2 is 1.76 bits per heavy atom. The fourth-order valence-electron chi connectivity index (χ4n) is 2.21. The van der Waals surface area contributed by atoms with Crippen LogP contribution in [0.25, 0.3) is 0 Å². The molecule has 5 heteroatoms. The van der Waals surface area contributed by atoms with Crippen molar-refractivity contribution in [3.63, 3.8) is 0 Å². The van der Waals surface area contributed by atoms with Crippen molar-refractivity contribution in [2.24, 2.45) is 4.99 Å². The van der Waals surface area contributed by atoms with Crippen molar-refractivity contribution >= 4 is 35.1 Å². The summed E-state index contributed by atoms with van der Waals surface area (Å²) < 4.78 is 5.73. The Kier molecular flexibility index (Phi) is 5.27. The van der Waals surface area contributed by atoms with Gasteiger partial charge in [-0.2, -0.15) is 0 Å². The number of rotatable bonds is 4. The maximum Gasteiger partial charge on any atom is 0.146 e. The second kappa shape index (κ2) is 7.60. The van der Waals surface area contributed by atoms with Crippen molar-refractivity contribution in [2.75, 3.05) is 0 Å². The number of phenolic OH excluding ortho intramolecular Hbond substituents is 1. The van der Waals surface area contributed by atoms with Gasteiger partial charge in [0.1, 0.15) is 17.2 Å². The topological polar surface area (TPSA) is 41.8 Å². The van der Waals surface area contributed by atoms with Gasteiger partial charge in [0.2, 0.25) is 0 Å². The van der Waals surface area contributed by atoms with Crippen LogP contribution in [0.1, 0.15) is 11.1 Å². The lowest BCUT2D eigenvalue weighted by Crippen LogP contribution is -1.86. The SMILES string of the molecule is Cc1cccc(C=Nc2ccc(Oc3ccc(Cl)cc3)c(Cl)c2)c1O. The van der Waals surface area contributed by atoms with Crippen molar-refractivity contribution in [1.82, 2.24) is 0 Å². The minimum Gasteiger partial charge on any atom is -0.507 e. The van der Waals surface area contributed by atoms with Gasteiger partial charge in [-0.3, -0.25) is 4.99 Å². The number of ether oxygens (including phenoxy) is 1. The van der Waals surface area contributed by atoms with Gasteiger partial charge in [0.05, 0.1) is 10.7 Å². The zero-order valence-electron chi connectivity index (χ0n) is 13.4. The van der Waals surface area contributed by atoms with E-state index in [-0.39, 0.29) is 5.75 Å². The maximum atomic E-state index is 10.0. The summed E-state index contributed by atoms with van der Waals surface area (Å²) in [7, 11) is 0. The van der Waals surface area contributed by atoms with E-state index in [1.165, 1.54) is 0 Å². The van der Waals surface area contributed by atoms with E-state index in [2.05, 4.69) is 4.99 Å². The van der Waals surface area contributed by atoms with E-state index in [1.807, 2.05) is 19.1 Å². The first-order valence-electron chi connectivity index (χ1n) is 7.58. The van der Waals surface area contributed by atoms with Gasteiger partial charge in [0.15, 0.2) is 0 Å². The first-order chi connectivity index (χ1) is 12.0. The van der Waals surface area contributed by atoms with Crippen LogP contribution in [-0.4, -0.2) is 11.3 Å². The molecule has 0 fully saturated rings. The molecule has 0 aliphatic carbocycles. The summed E-state index contributed by atoms with van der Waals surface area (Å²) in [6.07, 6.45) is 1.60. The van der Waals surface area contributed by atoms with Crippen molar-refractivity contribution in [3.8, 4) is 17.2 Å². The van der Waals surface area contributed by atoms with Gasteiger partial charge in [-0.15, -0.1) is 0 Å². The Hall–Kier alpha value is -2.49. The summed E-state index contributed by atoms with van der Waals surface area (Å²) in [4.78, 5) is 4.36. The lowest BCUT2D eigenvalue weighted by atomic mass is 10.1. The van der Waals surface area contributed by atoms with E-state index >= 15 is 0 Å². The Balaban J connectivity index is 1.78. The molecule has 0 aromatic heterocycles. The van der Waals surface area contributed by atoms with Crippen LogP contribution in [0.15, 0.2) is 65.7 Å². The summed E-state index contributed by atoms with van der Waals surface area (Å²) in [5.41, 5.74) is 2.11. The number of benzene rings is 3. The molecule has 3 aromatic carbocycles. The molecule has 0 saturated heterocycles. The predicted molar refractivity (Wildman–Crippen MR) is 103 cm³/mol. The van der Waals surface area contributed by atoms with Crippen LogP contribution in [-0.2, 0) is 0 Å². The Labute approximate surface area is 156 Å². The molecular weight excluding hydrogens is 357 g/mol. The normalized spacial score (nSPS) is 11.0. The number of hydrogen-bond donors (Lipinski definition) is 1. The fourth-order valence-corrected chi connectivity index (χ4v) is 2.55. The lowest BCUT2D eigenvalue weighted by molar-refractivity contribution is 0.470. The molecule has 0 unspecified atom stereocenters. The molecule has 0 aliphatic heterocycles. The second-order valence-electron chi connectivity index (χ2n) is 5.44. The van der Waals surface area contributed by atoms with Crippen LogP contribution in [0.4, 0.5) is 5.69 Å². The highest BCUT2D eigenvalue weighted by atomic mass is 35.5. The number of halogens is 2. The average Bonchev–Trinajstić information content (AvgIpc) is 2.60. The lowest BCUT2D eigenvalue weighted by Gasteiger charge is -2.08. The van der Waals surface area contributed by atoms with Crippen LogP contribution in [0, 0.1) is 6.92 Å². The molecule has 0 atom stereocenters. The number of hydrogen-bond acceptors (Lipinski definition) is 3. The fraction of sp³-hybridized carbons (Fsp3) is 0.0500. The third kappa shape index (κ3) is 4.32. The monoisotopic (exact) mass is 371 g/mol. The van der Waals surface area contributed by atoms with Crippen LogP contribution in [0.5, 0.6) is 17.2 Å². The molecule has 3 rings (SSSR count). The number of aliphatic imine (C=N–C) groups is 1. The van der Waals surface area contributed by atoms with E-state index in [9.17, 15) is 5.11 Å². The molecule has 1 N–H and O–H groups in total. The zero-order valence-corrected chi connectivity index (χ0v) is 14.9. The largest absolute Gasteiger partial charge is 0.507 e. The quantitative estimate of drug-likeness (QED) is 0.528. The number of para-hydroxylation sites is 1. The van der Waals surface area contributed by atoms with Gasteiger partial charge in [0.25, 0.3) is 0 Å². The van der Waals surface area contributed by atoms with Crippen molar-refractivity contribution in [1.29, 1.82) is 0 Å². The third-order valence-corrected chi connectivity index (χ3v) is 4.13. The summed E-state index contributed by atoms with van der Waals surface area (Å²) in [5, 5.41) is 11.1. The maximum absolute atomic E-state index is 10.0. The number of aryl methyl sites for hydroxylation is 1. The molecule has 0 radical (unpaired) electrons. The highest BCUT2D eigenvalue weighted by Crippen LogP contribution is 2.33. The van der Waals surface area contributed by atoms with Gasteiger partial charge in [-0.1, -0.05) is 35.3 Å². The third-order valence-electron chi connectivity index (χ3n) is 3.58. The van der Waals surface area contributed by atoms with E-state index in [0.717, 1.165) is 5.56 Å². The average molecular weight is 372 g/mol. The smallest absolute Gasteiger partial charge is 0.146 e. The van der Waals surface area contributed by atoms with E-state index in [4.69, 9.17) is 27.9 Å². The molecule has 3 nitrogen and oxygen atoms in total. The van der Waals surface area contributed by atoms with E-state index < -0.39 is 0 Å². The molecule has 0 amide bonds. The molecule has 0 spiro atoms. The van der Waals surface area contributed by atoms with E-state index in [0.29, 0.717) is 32.8 Å². The predicted octanol–water partition coefficient (Wildman–Crippen LogP) is 6.55. The summed E-state index contributed by atoms with van der Waals surface area (Å²) >= 11 is 12.1. The van der Waals surface area contributed by atoms with Crippen LogP contribution in [0.3, 0.4) is 0 Å². The van der Waals surface area contributed by atoms with Gasteiger partial charge in [-0.05, 0) is 61.0 Å². The minimum absolute atomic E-state index is 0.222. The highest BCUT2D eigenvalue weighted by Gasteiger charge is 2.05. The minimum atomic E-state index is 0.222. The Bertz CT molecular complexity index is 921. The summed E-state index contributed by atoms with van der Waals surface area (Å²) in [6, 6.07) is 17.8. The number of nitrogens with zero attached hydrogens (tertiary/aromatic N) is 1. The standard InChI is InChI=1S/C20H15Cl2NO2/c1-13-3-2-4-14(20(13)24)12-23-16-7-10-19(18(22)11-16)25-17-8-5-15(21)6-9-17/h2-12,24H,1H3. The van der Waals surface area contributed by atoms with Crippen molar-refractivity contribution < 1.29 is 9.84 Å². The Morgan fingerprint density at radius 3 is 2.48 bits per heavy atom. The van der Waals surface area contributed by atoms with Gasteiger partial charge in [-0.25, -0.2) is 0 Å². The Morgan fingerprint density at radius 1 is 1.00 bits per heavy atom. The second-order valence-corrected chi connectivity index (χ2v) is 6.29. The van der Waals surface area contributed by atoms with Gasteiger partial charge >= 0.3 is 0 Å². The van der Waals surface area contributed by atoms with Crippen molar-refractivity contribution in [2.45, 2.75) is 6.92 Å². The molecular formula is C20H15Cl2NO2. The molecule has 0 aliphatic rings. The molecule has 3 aromatic rings. The summed E-state index contributed by atoms with van der Waals surface area (Å²) in [6.45, 7) is 1.84. The van der Waals surface area contributed by atoms with Gasteiger partial charge < -0.3 is 9.84 Å². The summed E-state index contributed by atoms with van der Waals surface area (Å²) in [5.74, 6) is 1.40. The van der Waals surface area contributed by atoms with Crippen molar-refractivity contribution in [3.05, 3.63) is 81.8 Å². The molecule has 25 heavy (non-hydrogen) atoms. The molecule has 126 valence electrons. The number of aromatic hydroxyl groups is 1. The first kappa shape index (κ1) is 17.3. The highest BCUT2D eigenvalue weighted by molar-refractivity contribution is 6.32. The molecule has 0 bridgehead atoms. The van der Waals surface area contributed by atoms with E-state index in [1.54, 1.807) is 54.7 Å². The molecule has 0 saturated carbocycles. The number of phenols is 1. The van der Waals surface area contributed by atoms with Gasteiger partial charge in [0, 0.05) is 16.8 Å². The zero-order chi connectivity index (χ0) is 17.8. The van der Waals surface area contributed by atoms with Crippen LogP contribution in [0.2, 0.25) is 10.0 Å². The van der Waals surface area contributed by atoms with Crippen LogP contribution < -0.4 is 4.74 Å². The van der Waals surface area contributed by atoms with Crippen LogP contribution >= 0.6 is 23.2 Å². The molecule has 0 heterocycles.